The Hall–Kier alpha value is -2.64. The number of amides is 1. The molecule has 0 spiro atoms. The van der Waals surface area contributed by atoms with Crippen LogP contribution in [0.3, 0.4) is 0 Å². The second kappa shape index (κ2) is 7.31. The summed E-state index contributed by atoms with van der Waals surface area (Å²) in [7, 11) is 0. The molecule has 1 saturated heterocycles. The first-order chi connectivity index (χ1) is 12.4. The minimum Gasteiger partial charge on any atom is -0.356 e. The Morgan fingerprint density at radius 2 is 1.85 bits per heavy atom. The van der Waals surface area contributed by atoms with Gasteiger partial charge in [-0.05, 0) is 49.6 Å². The van der Waals surface area contributed by atoms with Crippen molar-refractivity contribution < 1.29 is 22.4 Å². The maximum absolute atomic E-state index is 13.4. The molecule has 0 saturated carbocycles. The maximum Gasteiger partial charge on any atom is 0.419 e. The predicted molar refractivity (Wildman–Crippen MR) is 89.7 cm³/mol. The maximum atomic E-state index is 13.4. The van der Waals surface area contributed by atoms with Gasteiger partial charge in [0.2, 0.25) is 0 Å². The van der Waals surface area contributed by atoms with Gasteiger partial charge in [0.05, 0.1) is 11.1 Å². The number of anilines is 2. The van der Waals surface area contributed by atoms with Crippen LogP contribution in [0.1, 0.15) is 35.2 Å². The molecule has 0 bridgehead atoms. The van der Waals surface area contributed by atoms with Crippen molar-refractivity contribution in [1.29, 1.82) is 0 Å². The number of benzene rings is 1. The Kier molecular flexibility index (Phi) is 5.11. The van der Waals surface area contributed by atoms with E-state index < -0.39 is 23.5 Å². The molecule has 138 valence electrons. The van der Waals surface area contributed by atoms with Crippen LogP contribution in [0.4, 0.5) is 29.1 Å². The summed E-state index contributed by atoms with van der Waals surface area (Å²) < 4.78 is 51.9. The van der Waals surface area contributed by atoms with Gasteiger partial charge in [0.15, 0.2) is 0 Å². The van der Waals surface area contributed by atoms with E-state index in [1.165, 1.54) is 0 Å². The fraction of sp³-hybridized carbons (Fsp3) is 0.333. The van der Waals surface area contributed by atoms with Crippen LogP contribution >= 0.6 is 0 Å². The number of alkyl halides is 3. The van der Waals surface area contributed by atoms with Gasteiger partial charge in [0.1, 0.15) is 11.6 Å². The highest BCUT2D eigenvalue weighted by atomic mass is 19.4. The summed E-state index contributed by atoms with van der Waals surface area (Å²) in [6, 6.07) is 5.53. The van der Waals surface area contributed by atoms with Gasteiger partial charge in [-0.2, -0.15) is 13.2 Å². The van der Waals surface area contributed by atoms with E-state index in [9.17, 15) is 22.4 Å². The fourth-order valence-corrected chi connectivity index (χ4v) is 2.95. The van der Waals surface area contributed by atoms with Crippen LogP contribution < -0.4 is 10.2 Å². The number of nitrogens with one attached hydrogen (secondary N) is 1. The van der Waals surface area contributed by atoms with E-state index in [2.05, 4.69) is 10.3 Å². The molecular formula is C18H17F4N3O. The number of hydrogen-bond acceptors (Lipinski definition) is 3. The molecular weight excluding hydrogens is 350 g/mol. The van der Waals surface area contributed by atoms with Crippen LogP contribution in [-0.2, 0) is 6.18 Å². The van der Waals surface area contributed by atoms with Gasteiger partial charge in [0.25, 0.3) is 5.91 Å². The van der Waals surface area contributed by atoms with Crippen molar-refractivity contribution in [2.45, 2.75) is 25.4 Å². The lowest BCUT2D eigenvalue weighted by atomic mass is 10.1. The highest BCUT2D eigenvalue weighted by Gasteiger charge is 2.34. The van der Waals surface area contributed by atoms with Gasteiger partial charge in [0, 0.05) is 25.0 Å². The van der Waals surface area contributed by atoms with Crippen molar-refractivity contribution in [3.8, 4) is 0 Å². The Bertz CT molecular complexity index is 801. The molecule has 3 rings (SSSR count). The highest BCUT2D eigenvalue weighted by molar-refractivity contribution is 6.07. The summed E-state index contributed by atoms with van der Waals surface area (Å²) in [5.74, 6) is -1.47. The fourth-order valence-electron chi connectivity index (χ4n) is 2.95. The van der Waals surface area contributed by atoms with Gasteiger partial charge in [-0.15, -0.1) is 0 Å². The van der Waals surface area contributed by atoms with E-state index in [-0.39, 0.29) is 11.3 Å². The molecule has 1 aromatic carbocycles. The molecule has 1 amide bonds. The normalized spacial score (nSPS) is 15.0. The van der Waals surface area contributed by atoms with E-state index in [0.717, 1.165) is 38.4 Å². The lowest BCUT2D eigenvalue weighted by molar-refractivity contribution is -0.139. The van der Waals surface area contributed by atoms with E-state index >= 15 is 0 Å². The second-order valence-corrected chi connectivity index (χ2v) is 6.07. The lowest BCUT2D eigenvalue weighted by Gasteiger charge is -2.29. The molecule has 0 aliphatic carbocycles. The summed E-state index contributed by atoms with van der Waals surface area (Å²) in [6.45, 7) is 1.54. The number of pyridine rings is 1. The zero-order chi connectivity index (χ0) is 18.7. The largest absolute Gasteiger partial charge is 0.419 e. The van der Waals surface area contributed by atoms with Crippen molar-refractivity contribution >= 4 is 17.4 Å². The first-order valence-electron chi connectivity index (χ1n) is 8.24. The lowest BCUT2D eigenvalue weighted by Crippen LogP contribution is -2.32. The standard InChI is InChI=1S/C18H17F4N3O/c19-15-7-6-12(11-14(15)18(20,21)22)24-17(26)13-5-4-8-23-16(13)25-9-2-1-3-10-25/h4-8,11H,1-3,9-10H2,(H,24,26). The molecule has 4 nitrogen and oxygen atoms in total. The zero-order valence-electron chi connectivity index (χ0n) is 13.8. The van der Waals surface area contributed by atoms with Crippen LogP contribution in [-0.4, -0.2) is 24.0 Å². The van der Waals surface area contributed by atoms with E-state index in [1.54, 1.807) is 18.3 Å². The van der Waals surface area contributed by atoms with Gasteiger partial charge in [-0.25, -0.2) is 9.37 Å². The summed E-state index contributed by atoms with van der Waals surface area (Å²) >= 11 is 0. The number of hydrogen-bond donors (Lipinski definition) is 1. The first kappa shape index (κ1) is 18.2. The Balaban J connectivity index is 1.85. The number of carbonyl (C=O) groups excluding carboxylic acids is 1. The van der Waals surface area contributed by atoms with Crippen molar-refractivity contribution in [3.63, 3.8) is 0 Å². The van der Waals surface area contributed by atoms with Gasteiger partial charge in [-0.1, -0.05) is 0 Å². The number of nitrogens with zero attached hydrogens (tertiary/aromatic N) is 2. The molecule has 1 fully saturated rings. The van der Waals surface area contributed by atoms with Crippen LogP contribution in [0.5, 0.6) is 0 Å². The molecule has 2 aromatic rings. The van der Waals surface area contributed by atoms with E-state index in [1.807, 2.05) is 4.90 Å². The number of carbonyl (C=O) groups is 1. The summed E-state index contributed by atoms with van der Waals surface area (Å²) in [5, 5.41) is 2.41. The number of aromatic nitrogens is 1. The number of rotatable bonds is 3. The van der Waals surface area contributed by atoms with Crippen molar-refractivity contribution in [2.75, 3.05) is 23.3 Å². The van der Waals surface area contributed by atoms with Crippen LogP contribution in [0, 0.1) is 5.82 Å². The Labute approximate surface area is 147 Å². The highest BCUT2D eigenvalue weighted by Crippen LogP contribution is 2.33. The zero-order valence-corrected chi connectivity index (χ0v) is 13.8. The van der Waals surface area contributed by atoms with Gasteiger partial charge in [-0.3, -0.25) is 4.79 Å². The number of halogens is 4. The molecule has 0 unspecified atom stereocenters. The first-order valence-corrected chi connectivity index (χ1v) is 8.24. The second-order valence-electron chi connectivity index (χ2n) is 6.07. The van der Waals surface area contributed by atoms with Crippen LogP contribution in [0.15, 0.2) is 36.5 Å². The monoisotopic (exact) mass is 367 g/mol. The number of piperidine rings is 1. The summed E-state index contributed by atoms with van der Waals surface area (Å²) in [4.78, 5) is 18.8. The third-order valence-corrected chi connectivity index (χ3v) is 4.22. The van der Waals surface area contributed by atoms with E-state index in [4.69, 9.17) is 0 Å². The molecule has 1 aliphatic rings. The molecule has 1 N–H and O–H groups in total. The Morgan fingerprint density at radius 3 is 2.54 bits per heavy atom. The Morgan fingerprint density at radius 1 is 1.12 bits per heavy atom. The molecule has 1 aromatic heterocycles. The van der Waals surface area contributed by atoms with Crippen LogP contribution in [0.2, 0.25) is 0 Å². The molecule has 26 heavy (non-hydrogen) atoms. The molecule has 0 radical (unpaired) electrons. The average Bonchev–Trinajstić information content (AvgIpc) is 2.63. The van der Waals surface area contributed by atoms with Gasteiger partial charge >= 0.3 is 6.18 Å². The minimum absolute atomic E-state index is 0.128. The minimum atomic E-state index is -4.84. The molecule has 1 aliphatic heterocycles. The SMILES string of the molecule is O=C(Nc1ccc(F)c(C(F)(F)F)c1)c1cccnc1N1CCCCC1. The van der Waals surface area contributed by atoms with Crippen molar-refractivity contribution in [2.24, 2.45) is 0 Å². The van der Waals surface area contributed by atoms with Crippen LogP contribution in [0.25, 0.3) is 0 Å². The average molecular weight is 367 g/mol. The quantitative estimate of drug-likeness (QED) is 0.814. The predicted octanol–water partition coefficient (Wildman–Crippen LogP) is 4.48. The molecule has 2 heterocycles. The summed E-state index contributed by atoms with van der Waals surface area (Å²) in [5.41, 5.74) is -1.28. The third kappa shape index (κ3) is 3.95. The third-order valence-electron chi connectivity index (χ3n) is 4.22. The van der Waals surface area contributed by atoms with Crippen molar-refractivity contribution in [1.82, 2.24) is 4.98 Å². The van der Waals surface area contributed by atoms with E-state index in [0.29, 0.717) is 18.0 Å². The smallest absolute Gasteiger partial charge is 0.356 e. The topological polar surface area (TPSA) is 45.2 Å². The molecule has 8 heteroatoms. The van der Waals surface area contributed by atoms with Gasteiger partial charge < -0.3 is 10.2 Å². The molecule has 0 atom stereocenters. The summed E-state index contributed by atoms with van der Waals surface area (Å²) in [6.07, 6.45) is -0.172. The van der Waals surface area contributed by atoms with Crippen molar-refractivity contribution in [3.05, 3.63) is 53.5 Å².